The highest BCUT2D eigenvalue weighted by atomic mass is 127. The van der Waals surface area contributed by atoms with Gasteiger partial charge in [-0.05, 0) is 25.0 Å². The van der Waals surface area contributed by atoms with E-state index in [-0.39, 0.29) is 29.4 Å². The predicted molar refractivity (Wildman–Crippen MR) is 106 cm³/mol. The van der Waals surface area contributed by atoms with E-state index in [0.717, 1.165) is 43.1 Å². The number of aliphatic imine (C=N–C) groups is 1. The third kappa shape index (κ3) is 4.66. The molecule has 0 saturated heterocycles. The number of methoxy groups -OCH3 is 1. The van der Waals surface area contributed by atoms with Crippen LogP contribution in [-0.4, -0.2) is 39.4 Å². The summed E-state index contributed by atoms with van der Waals surface area (Å²) in [5.74, 6) is 1.94. The Balaban J connectivity index is 0.00000208. The van der Waals surface area contributed by atoms with Gasteiger partial charge < -0.3 is 25.3 Å². The first-order valence-corrected chi connectivity index (χ1v) is 8.16. The van der Waals surface area contributed by atoms with Gasteiger partial charge in [0.05, 0.1) is 26.4 Å². The lowest BCUT2D eigenvalue weighted by atomic mass is 9.69. The van der Waals surface area contributed by atoms with Gasteiger partial charge in [-0.3, -0.25) is 4.99 Å². The van der Waals surface area contributed by atoms with Crippen LogP contribution in [0, 0.1) is 5.41 Å². The molecule has 134 valence electrons. The van der Waals surface area contributed by atoms with E-state index in [1.807, 2.05) is 18.2 Å². The fourth-order valence-corrected chi connectivity index (χ4v) is 3.01. The number of hydrogen-bond donors (Lipinski definition) is 2. The van der Waals surface area contributed by atoms with Crippen LogP contribution in [0.1, 0.15) is 25.7 Å². The lowest BCUT2D eigenvalue weighted by Gasteiger charge is -2.40. The van der Waals surface area contributed by atoms with Gasteiger partial charge in [-0.25, -0.2) is 0 Å². The van der Waals surface area contributed by atoms with Crippen LogP contribution in [0.3, 0.4) is 0 Å². The zero-order valence-electron chi connectivity index (χ0n) is 14.0. The summed E-state index contributed by atoms with van der Waals surface area (Å²) >= 11 is 0. The van der Waals surface area contributed by atoms with Crippen molar-refractivity contribution in [2.75, 3.05) is 38.8 Å². The summed E-state index contributed by atoms with van der Waals surface area (Å²) in [5.41, 5.74) is 7.04. The maximum Gasteiger partial charge on any atom is 0.193 e. The molecule has 0 amide bonds. The minimum Gasteiger partial charge on any atom is -0.490 e. The second kappa shape index (κ2) is 8.75. The molecule has 7 heteroatoms. The largest absolute Gasteiger partial charge is 0.490 e. The van der Waals surface area contributed by atoms with Crippen LogP contribution >= 0.6 is 24.0 Å². The van der Waals surface area contributed by atoms with E-state index in [1.165, 1.54) is 6.42 Å². The van der Waals surface area contributed by atoms with Gasteiger partial charge in [0.2, 0.25) is 0 Å². The van der Waals surface area contributed by atoms with E-state index in [0.29, 0.717) is 25.7 Å². The Morgan fingerprint density at radius 1 is 1.25 bits per heavy atom. The lowest BCUT2D eigenvalue weighted by Crippen LogP contribution is -2.38. The van der Waals surface area contributed by atoms with Crippen LogP contribution in [0.15, 0.2) is 23.2 Å². The molecule has 1 fully saturated rings. The third-order valence-corrected chi connectivity index (χ3v) is 4.47. The first-order chi connectivity index (χ1) is 11.2. The molecule has 0 radical (unpaired) electrons. The molecular formula is C17H26IN3O3. The Hall–Kier alpha value is -1.22. The third-order valence-electron chi connectivity index (χ3n) is 4.47. The number of benzene rings is 1. The van der Waals surface area contributed by atoms with Gasteiger partial charge in [-0.2, -0.15) is 0 Å². The minimum absolute atomic E-state index is 0. The van der Waals surface area contributed by atoms with Crippen LogP contribution in [0.2, 0.25) is 0 Å². The zero-order chi connectivity index (χ0) is 16.1. The molecule has 2 aliphatic rings. The van der Waals surface area contributed by atoms with Gasteiger partial charge in [0, 0.05) is 30.7 Å². The first-order valence-electron chi connectivity index (χ1n) is 8.16. The molecule has 3 N–H and O–H groups in total. The second-order valence-electron chi connectivity index (χ2n) is 6.33. The molecule has 0 atom stereocenters. The van der Waals surface area contributed by atoms with Crippen molar-refractivity contribution in [1.82, 2.24) is 0 Å². The predicted octanol–water partition coefficient (Wildman–Crippen LogP) is 3.01. The number of anilines is 1. The number of halogens is 1. The van der Waals surface area contributed by atoms with E-state index in [4.69, 9.17) is 19.9 Å². The summed E-state index contributed by atoms with van der Waals surface area (Å²) in [5, 5.41) is 3.13. The van der Waals surface area contributed by atoms with Crippen molar-refractivity contribution in [3.05, 3.63) is 18.2 Å². The fourth-order valence-electron chi connectivity index (χ4n) is 3.01. The van der Waals surface area contributed by atoms with E-state index in [2.05, 4.69) is 10.3 Å². The van der Waals surface area contributed by atoms with Crippen molar-refractivity contribution >= 4 is 35.6 Å². The summed E-state index contributed by atoms with van der Waals surface area (Å²) in [4.78, 5) is 4.49. The smallest absolute Gasteiger partial charge is 0.193 e. The van der Waals surface area contributed by atoms with Gasteiger partial charge in [0.15, 0.2) is 17.5 Å². The standard InChI is InChI=1S/C17H25N3O3.HI/c1-21-12-17(6-2-7-17)11-19-16(18)20-13-4-5-14-15(10-13)23-9-3-8-22-14;/h4-5,10H,2-3,6-9,11-12H2,1H3,(H3,18,19,20);1H. The van der Waals surface area contributed by atoms with Crippen molar-refractivity contribution in [2.45, 2.75) is 25.7 Å². The molecular weight excluding hydrogens is 421 g/mol. The number of hydrogen-bond acceptors (Lipinski definition) is 4. The van der Waals surface area contributed by atoms with E-state index in [1.54, 1.807) is 7.11 Å². The molecule has 1 aliphatic carbocycles. The molecule has 1 heterocycles. The molecule has 6 nitrogen and oxygen atoms in total. The molecule has 0 unspecified atom stereocenters. The number of rotatable bonds is 5. The first kappa shape index (κ1) is 19.1. The maximum absolute atomic E-state index is 6.02. The Morgan fingerprint density at radius 2 is 2.00 bits per heavy atom. The summed E-state index contributed by atoms with van der Waals surface area (Å²) in [6.07, 6.45) is 4.44. The summed E-state index contributed by atoms with van der Waals surface area (Å²) in [6, 6.07) is 5.72. The molecule has 1 aromatic rings. The van der Waals surface area contributed by atoms with Gasteiger partial charge in [0.25, 0.3) is 0 Å². The maximum atomic E-state index is 6.02. The SMILES string of the molecule is COCC1(CN=C(N)Nc2ccc3c(c2)OCCCO3)CCC1.I. The number of nitrogens with two attached hydrogens (primary N) is 1. The van der Waals surface area contributed by atoms with Gasteiger partial charge in [0.1, 0.15) is 0 Å². The Morgan fingerprint density at radius 3 is 2.67 bits per heavy atom. The molecule has 0 aromatic heterocycles. The fraction of sp³-hybridized carbons (Fsp3) is 0.588. The van der Waals surface area contributed by atoms with Crippen LogP contribution in [-0.2, 0) is 4.74 Å². The number of nitrogens with one attached hydrogen (secondary N) is 1. The Labute approximate surface area is 160 Å². The van der Waals surface area contributed by atoms with Crippen molar-refractivity contribution in [3.63, 3.8) is 0 Å². The van der Waals surface area contributed by atoms with E-state index >= 15 is 0 Å². The zero-order valence-corrected chi connectivity index (χ0v) is 16.4. The topological polar surface area (TPSA) is 78.1 Å². The van der Waals surface area contributed by atoms with E-state index < -0.39 is 0 Å². The minimum atomic E-state index is 0. The van der Waals surface area contributed by atoms with Gasteiger partial charge >= 0.3 is 0 Å². The molecule has 0 spiro atoms. The quantitative estimate of drug-likeness (QED) is 0.412. The van der Waals surface area contributed by atoms with Gasteiger partial charge in [-0.1, -0.05) is 6.42 Å². The van der Waals surface area contributed by atoms with Crippen molar-refractivity contribution in [1.29, 1.82) is 0 Å². The molecule has 0 bridgehead atoms. The highest BCUT2D eigenvalue weighted by molar-refractivity contribution is 14.0. The van der Waals surface area contributed by atoms with E-state index in [9.17, 15) is 0 Å². The number of nitrogens with zero attached hydrogens (tertiary/aromatic N) is 1. The summed E-state index contributed by atoms with van der Waals surface area (Å²) in [7, 11) is 1.74. The van der Waals surface area contributed by atoms with Crippen LogP contribution in [0.5, 0.6) is 11.5 Å². The molecule has 1 aliphatic heterocycles. The number of fused-ring (bicyclic) bond motifs is 1. The Kier molecular flexibility index (Phi) is 6.97. The second-order valence-corrected chi connectivity index (χ2v) is 6.33. The average molecular weight is 447 g/mol. The highest BCUT2D eigenvalue weighted by Gasteiger charge is 2.36. The van der Waals surface area contributed by atoms with Crippen molar-refractivity contribution in [3.8, 4) is 11.5 Å². The summed E-state index contributed by atoms with van der Waals surface area (Å²) in [6.45, 7) is 2.79. The number of guanidine groups is 1. The number of ether oxygens (including phenoxy) is 3. The summed E-state index contributed by atoms with van der Waals surface area (Å²) < 4.78 is 16.6. The normalized spacial score (nSPS) is 18.8. The highest BCUT2D eigenvalue weighted by Crippen LogP contribution is 2.41. The molecule has 3 rings (SSSR count). The molecule has 24 heavy (non-hydrogen) atoms. The van der Waals surface area contributed by atoms with Crippen molar-refractivity contribution in [2.24, 2.45) is 16.1 Å². The lowest BCUT2D eigenvalue weighted by molar-refractivity contribution is 0.0253. The monoisotopic (exact) mass is 447 g/mol. The van der Waals surface area contributed by atoms with Crippen molar-refractivity contribution < 1.29 is 14.2 Å². The average Bonchev–Trinajstić information content (AvgIpc) is 2.74. The molecule has 1 aromatic carbocycles. The van der Waals surface area contributed by atoms with Gasteiger partial charge in [-0.15, -0.1) is 24.0 Å². The van der Waals surface area contributed by atoms with Crippen LogP contribution in [0.25, 0.3) is 0 Å². The van der Waals surface area contributed by atoms with Crippen LogP contribution in [0.4, 0.5) is 5.69 Å². The van der Waals surface area contributed by atoms with Crippen LogP contribution < -0.4 is 20.5 Å². The Bertz CT molecular complexity index is 576. The molecule has 1 saturated carbocycles.